The Hall–Kier alpha value is -1.88. The van der Waals surface area contributed by atoms with Crippen LogP contribution in [0.1, 0.15) is 28.8 Å². The molecule has 24 heavy (non-hydrogen) atoms. The molecule has 1 saturated heterocycles. The second-order valence-electron chi connectivity index (χ2n) is 6.08. The molecule has 1 aliphatic rings. The van der Waals surface area contributed by atoms with Gasteiger partial charge in [0.25, 0.3) is 5.91 Å². The summed E-state index contributed by atoms with van der Waals surface area (Å²) < 4.78 is 0. The van der Waals surface area contributed by atoms with Gasteiger partial charge in [-0.3, -0.25) is 9.69 Å². The number of aliphatic hydroxyl groups excluding tert-OH is 1. The van der Waals surface area contributed by atoms with E-state index in [0.717, 1.165) is 37.2 Å². The quantitative estimate of drug-likeness (QED) is 0.872. The fraction of sp³-hybridized carbons (Fsp3) is 0.316. The van der Waals surface area contributed by atoms with E-state index >= 15 is 0 Å². The first-order chi connectivity index (χ1) is 11.7. The Morgan fingerprint density at radius 2 is 2.08 bits per heavy atom. The number of nitrogens with one attached hydrogen (secondary N) is 1. The highest BCUT2D eigenvalue weighted by Gasteiger charge is 2.23. The number of benzene rings is 2. The first kappa shape index (κ1) is 17.0. The number of rotatable bonds is 5. The fourth-order valence-electron chi connectivity index (χ4n) is 3.14. The molecule has 0 unspecified atom stereocenters. The molecular weight excluding hydrogens is 324 g/mol. The Kier molecular flexibility index (Phi) is 5.51. The lowest BCUT2D eigenvalue weighted by Crippen LogP contribution is -2.31. The number of hydrogen-bond donors (Lipinski definition) is 2. The molecule has 4 nitrogen and oxygen atoms in total. The van der Waals surface area contributed by atoms with Crippen molar-refractivity contribution in [2.45, 2.75) is 25.4 Å². The van der Waals surface area contributed by atoms with E-state index in [9.17, 15) is 9.90 Å². The van der Waals surface area contributed by atoms with Gasteiger partial charge in [-0.2, -0.15) is 0 Å². The Morgan fingerprint density at radius 3 is 2.88 bits per heavy atom. The van der Waals surface area contributed by atoms with Crippen molar-refractivity contribution >= 4 is 23.2 Å². The van der Waals surface area contributed by atoms with E-state index in [1.54, 1.807) is 24.3 Å². The third-order valence-corrected chi connectivity index (χ3v) is 4.73. The van der Waals surface area contributed by atoms with Crippen molar-refractivity contribution in [3.63, 3.8) is 0 Å². The highest BCUT2D eigenvalue weighted by molar-refractivity contribution is 6.34. The second-order valence-corrected chi connectivity index (χ2v) is 6.49. The highest BCUT2D eigenvalue weighted by atomic mass is 35.5. The van der Waals surface area contributed by atoms with E-state index < -0.39 is 0 Å². The molecule has 0 bridgehead atoms. The van der Waals surface area contributed by atoms with Gasteiger partial charge < -0.3 is 10.4 Å². The molecule has 1 fully saturated rings. The Balaban J connectivity index is 1.69. The van der Waals surface area contributed by atoms with Gasteiger partial charge in [0.2, 0.25) is 0 Å². The molecule has 3 rings (SSSR count). The molecule has 0 saturated carbocycles. The molecule has 126 valence electrons. The number of halogens is 1. The summed E-state index contributed by atoms with van der Waals surface area (Å²) in [5, 5.41) is 12.8. The van der Waals surface area contributed by atoms with Crippen LogP contribution in [0.25, 0.3) is 0 Å². The minimum atomic E-state index is -0.216. The standard InChI is InChI=1S/C19H21ClN2O2/c20-18-9-2-1-8-17(18)19(24)21-15-6-3-5-14(11-15)12-22-10-4-7-16(22)13-23/h1-3,5-6,8-9,11,16,23H,4,7,10,12-13H2,(H,21,24)/t16-/m1/s1. The summed E-state index contributed by atoms with van der Waals surface area (Å²) in [5.41, 5.74) is 2.33. The maximum atomic E-state index is 12.4. The molecule has 0 spiro atoms. The van der Waals surface area contributed by atoms with Gasteiger partial charge >= 0.3 is 0 Å². The lowest BCUT2D eigenvalue weighted by Gasteiger charge is -2.22. The van der Waals surface area contributed by atoms with E-state index in [0.29, 0.717) is 10.6 Å². The van der Waals surface area contributed by atoms with Crippen LogP contribution in [0.2, 0.25) is 5.02 Å². The van der Waals surface area contributed by atoms with E-state index in [1.807, 2.05) is 24.3 Å². The number of hydrogen-bond acceptors (Lipinski definition) is 3. The summed E-state index contributed by atoms with van der Waals surface area (Å²) in [7, 11) is 0. The van der Waals surface area contributed by atoms with Crippen LogP contribution in [0.15, 0.2) is 48.5 Å². The highest BCUT2D eigenvalue weighted by Crippen LogP contribution is 2.22. The van der Waals surface area contributed by atoms with E-state index in [-0.39, 0.29) is 18.6 Å². The lowest BCUT2D eigenvalue weighted by atomic mass is 10.1. The number of carbonyl (C=O) groups excluding carboxylic acids is 1. The zero-order chi connectivity index (χ0) is 16.9. The van der Waals surface area contributed by atoms with Gasteiger partial charge in [0.15, 0.2) is 0 Å². The zero-order valence-corrected chi connectivity index (χ0v) is 14.2. The number of likely N-dealkylation sites (tertiary alicyclic amines) is 1. The van der Waals surface area contributed by atoms with Crippen molar-refractivity contribution in [3.05, 3.63) is 64.7 Å². The minimum Gasteiger partial charge on any atom is -0.395 e. The average molecular weight is 345 g/mol. The maximum absolute atomic E-state index is 12.4. The van der Waals surface area contributed by atoms with Crippen molar-refractivity contribution in [1.29, 1.82) is 0 Å². The van der Waals surface area contributed by atoms with Crippen molar-refractivity contribution in [2.75, 3.05) is 18.5 Å². The second kappa shape index (κ2) is 7.79. The molecular formula is C19H21ClN2O2. The summed E-state index contributed by atoms with van der Waals surface area (Å²) in [4.78, 5) is 14.6. The maximum Gasteiger partial charge on any atom is 0.257 e. The Bertz CT molecular complexity index is 720. The van der Waals surface area contributed by atoms with Gasteiger partial charge in [0.05, 0.1) is 17.2 Å². The number of anilines is 1. The normalized spacial score (nSPS) is 17.8. The molecule has 0 aromatic heterocycles. The molecule has 1 amide bonds. The van der Waals surface area contributed by atoms with Crippen LogP contribution >= 0.6 is 11.6 Å². The van der Waals surface area contributed by atoms with Crippen LogP contribution in [-0.2, 0) is 6.54 Å². The van der Waals surface area contributed by atoms with Gasteiger partial charge in [-0.25, -0.2) is 0 Å². The third kappa shape index (κ3) is 3.96. The number of aliphatic hydroxyl groups is 1. The summed E-state index contributed by atoms with van der Waals surface area (Å²) in [6, 6.07) is 15.1. The molecule has 0 radical (unpaired) electrons. The SMILES string of the molecule is O=C(Nc1cccc(CN2CCC[C@@H]2CO)c1)c1ccccc1Cl. The third-order valence-electron chi connectivity index (χ3n) is 4.40. The molecule has 5 heteroatoms. The van der Waals surface area contributed by atoms with Crippen molar-refractivity contribution in [2.24, 2.45) is 0 Å². The number of amides is 1. The summed E-state index contributed by atoms with van der Waals surface area (Å²) in [6.45, 7) is 1.98. The van der Waals surface area contributed by atoms with E-state index in [2.05, 4.69) is 10.2 Å². The minimum absolute atomic E-state index is 0.197. The van der Waals surface area contributed by atoms with Crippen molar-refractivity contribution < 1.29 is 9.90 Å². The van der Waals surface area contributed by atoms with Gasteiger partial charge in [0.1, 0.15) is 0 Å². The number of nitrogens with zero attached hydrogens (tertiary/aromatic N) is 1. The monoisotopic (exact) mass is 344 g/mol. The summed E-state index contributed by atoms with van der Waals surface area (Å²) in [5.74, 6) is -0.216. The van der Waals surface area contributed by atoms with Gasteiger partial charge in [-0.1, -0.05) is 35.9 Å². The van der Waals surface area contributed by atoms with Crippen LogP contribution < -0.4 is 5.32 Å². The largest absolute Gasteiger partial charge is 0.395 e. The Morgan fingerprint density at radius 1 is 1.25 bits per heavy atom. The van der Waals surface area contributed by atoms with Gasteiger partial charge in [0, 0.05) is 18.3 Å². The lowest BCUT2D eigenvalue weighted by molar-refractivity contribution is 0.102. The van der Waals surface area contributed by atoms with Crippen LogP contribution in [0.3, 0.4) is 0 Å². The predicted octanol–water partition coefficient (Wildman–Crippen LogP) is 3.55. The Labute approximate surface area is 147 Å². The van der Waals surface area contributed by atoms with E-state index in [1.165, 1.54) is 0 Å². The number of carbonyl (C=O) groups is 1. The van der Waals surface area contributed by atoms with Gasteiger partial charge in [-0.15, -0.1) is 0 Å². The molecule has 1 atom stereocenters. The molecule has 2 aromatic rings. The van der Waals surface area contributed by atoms with Crippen LogP contribution in [0.5, 0.6) is 0 Å². The molecule has 1 aliphatic heterocycles. The van der Waals surface area contributed by atoms with Crippen LogP contribution in [0.4, 0.5) is 5.69 Å². The predicted molar refractivity (Wildman–Crippen MR) is 96.4 cm³/mol. The first-order valence-corrected chi connectivity index (χ1v) is 8.55. The smallest absolute Gasteiger partial charge is 0.257 e. The van der Waals surface area contributed by atoms with E-state index in [4.69, 9.17) is 11.6 Å². The average Bonchev–Trinajstić information content (AvgIpc) is 3.02. The fourth-order valence-corrected chi connectivity index (χ4v) is 3.36. The molecule has 0 aliphatic carbocycles. The van der Waals surface area contributed by atoms with Crippen LogP contribution in [0, 0.1) is 0 Å². The first-order valence-electron chi connectivity index (χ1n) is 8.17. The zero-order valence-electron chi connectivity index (χ0n) is 13.4. The van der Waals surface area contributed by atoms with Gasteiger partial charge in [-0.05, 0) is 49.2 Å². The van der Waals surface area contributed by atoms with Crippen molar-refractivity contribution in [3.8, 4) is 0 Å². The molecule has 1 heterocycles. The topological polar surface area (TPSA) is 52.6 Å². The summed E-state index contributed by atoms with van der Waals surface area (Å²) in [6.07, 6.45) is 2.16. The molecule has 2 N–H and O–H groups in total. The van der Waals surface area contributed by atoms with Crippen molar-refractivity contribution in [1.82, 2.24) is 4.90 Å². The van der Waals surface area contributed by atoms with Crippen LogP contribution in [-0.4, -0.2) is 35.1 Å². The summed E-state index contributed by atoms with van der Waals surface area (Å²) >= 11 is 6.07. The molecule has 2 aromatic carbocycles.